The molecule has 0 fully saturated rings. The van der Waals surface area contributed by atoms with Crippen LogP contribution in [0.3, 0.4) is 0 Å². The van der Waals surface area contributed by atoms with Crippen molar-refractivity contribution < 1.29 is 14.4 Å². The summed E-state index contributed by atoms with van der Waals surface area (Å²) >= 11 is 1.17. The summed E-state index contributed by atoms with van der Waals surface area (Å²) in [5, 5.41) is 13.1. The molecule has 0 aliphatic rings. The summed E-state index contributed by atoms with van der Waals surface area (Å²) in [5.41, 5.74) is 0.822. The largest absolute Gasteiger partial charge is 0.481 e. The maximum absolute atomic E-state index is 10.6. The van der Waals surface area contributed by atoms with E-state index in [1.807, 2.05) is 17.7 Å². The van der Waals surface area contributed by atoms with E-state index in [1.165, 1.54) is 11.8 Å². The molecule has 1 N–H and O–H groups in total. The second kappa shape index (κ2) is 5.21. The highest BCUT2D eigenvalue weighted by Crippen LogP contribution is 2.18. The number of nitrogens with zero attached hydrogens (tertiary/aromatic N) is 4. The van der Waals surface area contributed by atoms with Crippen LogP contribution in [0.25, 0.3) is 0 Å². The van der Waals surface area contributed by atoms with Gasteiger partial charge < -0.3 is 14.2 Å². The average molecular weight is 268 g/mol. The first-order valence-corrected chi connectivity index (χ1v) is 6.20. The number of rotatable bonds is 5. The number of thioether (sulfide) groups is 1. The molecule has 18 heavy (non-hydrogen) atoms. The zero-order valence-corrected chi connectivity index (χ0v) is 10.8. The standard InChI is InChI=1S/C10H12N4O3S/c1-6-3-14(4-8-12-7(2)17-13-8)10(11-6)18-5-9(15)16/h3H,4-5H2,1-2H3,(H,15,16). The molecule has 0 aliphatic carbocycles. The molecule has 0 unspecified atom stereocenters. The van der Waals surface area contributed by atoms with Crippen LogP contribution < -0.4 is 0 Å². The minimum absolute atomic E-state index is 0.0261. The van der Waals surface area contributed by atoms with Crippen molar-refractivity contribution >= 4 is 17.7 Å². The van der Waals surface area contributed by atoms with Gasteiger partial charge >= 0.3 is 5.97 Å². The second-order valence-corrected chi connectivity index (χ2v) is 4.65. The van der Waals surface area contributed by atoms with Gasteiger partial charge in [-0.05, 0) is 6.92 Å². The van der Waals surface area contributed by atoms with E-state index in [-0.39, 0.29) is 5.75 Å². The first kappa shape index (κ1) is 12.6. The molecule has 0 aromatic carbocycles. The second-order valence-electron chi connectivity index (χ2n) is 3.70. The molecule has 0 radical (unpaired) electrons. The van der Waals surface area contributed by atoms with Gasteiger partial charge in [-0.15, -0.1) is 0 Å². The third kappa shape index (κ3) is 3.10. The lowest BCUT2D eigenvalue weighted by Crippen LogP contribution is -2.04. The summed E-state index contributed by atoms with van der Waals surface area (Å²) in [5.74, 6) is 0.146. The molecule has 8 heteroatoms. The van der Waals surface area contributed by atoms with Crippen molar-refractivity contribution in [2.24, 2.45) is 0 Å². The molecule has 96 valence electrons. The molecule has 0 aliphatic heterocycles. The summed E-state index contributed by atoms with van der Waals surface area (Å²) in [4.78, 5) is 18.9. The number of hydrogen-bond acceptors (Lipinski definition) is 6. The Balaban J connectivity index is 2.14. The number of aliphatic carboxylic acids is 1. The van der Waals surface area contributed by atoms with Crippen LogP contribution in [0.15, 0.2) is 15.9 Å². The van der Waals surface area contributed by atoms with Crippen LogP contribution in [0.2, 0.25) is 0 Å². The SMILES string of the molecule is Cc1cn(Cc2noc(C)n2)c(SCC(=O)O)n1. The van der Waals surface area contributed by atoms with Crippen molar-refractivity contribution in [2.75, 3.05) is 5.75 Å². The van der Waals surface area contributed by atoms with E-state index >= 15 is 0 Å². The van der Waals surface area contributed by atoms with Crippen LogP contribution in [0.5, 0.6) is 0 Å². The number of carboxylic acids is 1. The Morgan fingerprint density at radius 1 is 1.50 bits per heavy atom. The molecule has 0 bridgehead atoms. The highest BCUT2D eigenvalue weighted by Gasteiger charge is 2.11. The van der Waals surface area contributed by atoms with E-state index in [9.17, 15) is 4.79 Å². The lowest BCUT2D eigenvalue weighted by Gasteiger charge is -2.02. The summed E-state index contributed by atoms with van der Waals surface area (Å²) in [6.45, 7) is 3.98. The topological polar surface area (TPSA) is 94.0 Å². The highest BCUT2D eigenvalue weighted by molar-refractivity contribution is 7.99. The van der Waals surface area contributed by atoms with Gasteiger partial charge in [0.15, 0.2) is 11.0 Å². The lowest BCUT2D eigenvalue weighted by molar-refractivity contribution is -0.133. The molecule has 0 saturated carbocycles. The fourth-order valence-corrected chi connectivity index (χ4v) is 2.18. The normalized spacial score (nSPS) is 10.8. The first-order valence-electron chi connectivity index (χ1n) is 5.22. The molecule has 0 saturated heterocycles. The number of carbonyl (C=O) groups is 1. The Morgan fingerprint density at radius 2 is 2.28 bits per heavy atom. The quantitative estimate of drug-likeness (QED) is 0.811. The van der Waals surface area contributed by atoms with Gasteiger partial charge in [-0.3, -0.25) is 4.79 Å². The Bertz CT molecular complexity index is 563. The van der Waals surface area contributed by atoms with Crippen molar-refractivity contribution in [3.63, 3.8) is 0 Å². The van der Waals surface area contributed by atoms with E-state index in [2.05, 4.69) is 15.1 Å². The smallest absolute Gasteiger partial charge is 0.313 e. The molecule has 0 spiro atoms. The summed E-state index contributed by atoms with van der Waals surface area (Å²) in [6, 6.07) is 0. The predicted octanol–water partition coefficient (Wildman–Crippen LogP) is 1.11. The van der Waals surface area contributed by atoms with E-state index in [0.29, 0.717) is 23.4 Å². The third-order valence-electron chi connectivity index (χ3n) is 2.07. The Kier molecular flexibility index (Phi) is 3.66. The minimum Gasteiger partial charge on any atom is -0.481 e. The minimum atomic E-state index is -0.873. The van der Waals surface area contributed by atoms with Crippen molar-refractivity contribution in [2.45, 2.75) is 25.5 Å². The van der Waals surface area contributed by atoms with E-state index in [1.54, 1.807) is 6.92 Å². The fraction of sp³-hybridized carbons (Fsp3) is 0.400. The van der Waals surface area contributed by atoms with E-state index in [0.717, 1.165) is 5.69 Å². The van der Waals surface area contributed by atoms with Gasteiger partial charge in [-0.2, -0.15) is 4.98 Å². The molecule has 0 atom stereocenters. The van der Waals surface area contributed by atoms with Crippen LogP contribution in [-0.2, 0) is 11.3 Å². The van der Waals surface area contributed by atoms with Gasteiger partial charge in [0, 0.05) is 13.1 Å². The maximum Gasteiger partial charge on any atom is 0.313 e. The van der Waals surface area contributed by atoms with E-state index in [4.69, 9.17) is 9.63 Å². The molecule has 7 nitrogen and oxygen atoms in total. The molecule has 0 amide bonds. The molecule has 2 heterocycles. The van der Waals surface area contributed by atoms with Crippen LogP contribution in [0.4, 0.5) is 0 Å². The van der Waals surface area contributed by atoms with Crippen LogP contribution in [0, 0.1) is 13.8 Å². The summed E-state index contributed by atoms with van der Waals surface area (Å²) in [6.07, 6.45) is 1.83. The third-order valence-corrected chi connectivity index (χ3v) is 3.04. The maximum atomic E-state index is 10.6. The monoisotopic (exact) mass is 268 g/mol. The van der Waals surface area contributed by atoms with Gasteiger partial charge in [0.2, 0.25) is 5.89 Å². The van der Waals surface area contributed by atoms with Crippen molar-refractivity contribution in [3.8, 4) is 0 Å². The Labute approximate surface area is 107 Å². The summed E-state index contributed by atoms with van der Waals surface area (Å²) < 4.78 is 6.70. The Hall–Kier alpha value is -1.83. The summed E-state index contributed by atoms with van der Waals surface area (Å²) in [7, 11) is 0. The lowest BCUT2D eigenvalue weighted by atomic mass is 10.5. The number of aryl methyl sites for hydroxylation is 2. The van der Waals surface area contributed by atoms with E-state index < -0.39 is 5.97 Å². The molecular formula is C10H12N4O3S. The van der Waals surface area contributed by atoms with Crippen LogP contribution in [0.1, 0.15) is 17.4 Å². The predicted molar refractivity (Wildman–Crippen MR) is 63.5 cm³/mol. The molecule has 2 aromatic rings. The number of hydrogen-bond donors (Lipinski definition) is 1. The highest BCUT2D eigenvalue weighted by atomic mass is 32.2. The van der Waals surface area contributed by atoms with Gasteiger partial charge in [-0.1, -0.05) is 16.9 Å². The zero-order valence-electron chi connectivity index (χ0n) is 9.95. The Morgan fingerprint density at radius 3 is 2.89 bits per heavy atom. The first-order chi connectivity index (χ1) is 8.54. The van der Waals surface area contributed by atoms with Gasteiger partial charge in [0.05, 0.1) is 18.0 Å². The van der Waals surface area contributed by atoms with Crippen molar-refractivity contribution in [1.82, 2.24) is 19.7 Å². The van der Waals surface area contributed by atoms with Crippen molar-refractivity contribution in [1.29, 1.82) is 0 Å². The van der Waals surface area contributed by atoms with Gasteiger partial charge in [0.25, 0.3) is 0 Å². The average Bonchev–Trinajstić information content (AvgIpc) is 2.83. The van der Waals surface area contributed by atoms with Gasteiger partial charge in [0.1, 0.15) is 0 Å². The molecular weight excluding hydrogens is 256 g/mol. The molecule has 2 rings (SSSR count). The number of imidazole rings is 1. The fourth-order valence-electron chi connectivity index (χ4n) is 1.44. The van der Waals surface area contributed by atoms with Crippen LogP contribution in [-0.4, -0.2) is 36.5 Å². The van der Waals surface area contributed by atoms with Crippen molar-refractivity contribution in [3.05, 3.63) is 23.6 Å². The number of carboxylic acid groups (broad SMARTS) is 1. The van der Waals surface area contributed by atoms with Gasteiger partial charge in [-0.25, -0.2) is 4.98 Å². The van der Waals surface area contributed by atoms with Crippen LogP contribution >= 0.6 is 11.8 Å². The molecule has 2 aromatic heterocycles. The number of aromatic nitrogens is 4. The zero-order chi connectivity index (χ0) is 13.1.